The number of nitrogens with one attached hydrogen (secondary N) is 1. The number of amides is 1. The van der Waals surface area contributed by atoms with Crippen molar-refractivity contribution in [1.29, 1.82) is 0 Å². The Morgan fingerprint density at radius 2 is 1.63 bits per heavy atom. The van der Waals surface area contributed by atoms with Gasteiger partial charge in [0, 0.05) is 12.6 Å². The van der Waals surface area contributed by atoms with Crippen LogP contribution in [-0.2, 0) is 16.4 Å². The van der Waals surface area contributed by atoms with Gasteiger partial charge in [0.25, 0.3) is 15.9 Å². The van der Waals surface area contributed by atoms with Crippen LogP contribution in [0.3, 0.4) is 0 Å². The van der Waals surface area contributed by atoms with Crippen LogP contribution in [0.4, 0.5) is 5.69 Å². The molecule has 0 saturated carbocycles. The number of carbonyl (C=O) groups is 1. The first-order chi connectivity index (χ1) is 14.3. The van der Waals surface area contributed by atoms with Gasteiger partial charge in [-0.05, 0) is 54.8 Å². The van der Waals surface area contributed by atoms with Gasteiger partial charge in [-0.25, -0.2) is 8.42 Å². The monoisotopic (exact) mass is 422 g/mol. The zero-order valence-electron chi connectivity index (χ0n) is 17.4. The van der Waals surface area contributed by atoms with Crippen molar-refractivity contribution in [2.45, 2.75) is 31.2 Å². The zero-order valence-corrected chi connectivity index (χ0v) is 18.2. The standard InChI is InChI=1S/C24H26N2O3S/c1-4-19-13-15-20(16-14-19)18(2)25-24(27)21-9-8-10-22(17-21)26(3)30(28,29)23-11-6-5-7-12-23/h5-18H,4H2,1-3H3,(H,25,27)/t18-/m0/s1. The van der Waals surface area contributed by atoms with Crippen molar-refractivity contribution >= 4 is 21.6 Å². The van der Waals surface area contributed by atoms with Crippen molar-refractivity contribution in [1.82, 2.24) is 5.32 Å². The first kappa shape index (κ1) is 21.6. The van der Waals surface area contributed by atoms with Crippen molar-refractivity contribution < 1.29 is 13.2 Å². The van der Waals surface area contributed by atoms with E-state index in [4.69, 9.17) is 0 Å². The number of hydrogen-bond acceptors (Lipinski definition) is 3. The largest absolute Gasteiger partial charge is 0.346 e. The molecule has 0 fully saturated rings. The molecule has 0 aliphatic rings. The Hall–Kier alpha value is -3.12. The Morgan fingerprint density at radius 3 is 2.27 bits per heavy atom. The van der Waals surface area contributed by atoms with Gasteiger partial charge in [0.05, 0.1) is 16.6 Å². The highest BCUT2D eigenvalue weighted by Crippen LogP contribution is 2.23. The third-order valence-electron chi connectivity index (χ3n) is 5.11. The molecule has 0 radical (unpaired) electrons. The molecule has 3 aromatic carbocycles. The normalized spacial score (nSPS) is 12.2. The van der Waals surface area contributed by atoms with Crippen molar-refractivity contribution in [2.24, 2.45) is 0 Å². The van der Waals surface area contributed by atoms with Crippen LogP contribution in [0, 0.1) is 0 Å². The average Bonchev–Trinajstić information content (AvgIpc) is 2.79. The van der Waals surface area contributed by atoms with Gasteiger partial charge in [-0.3, -0.25) is 9.10 Å². The number of hydrogen-bond donors (Lipinski definition) is 1. The summed E-state index contributed by atoms with van der Waals surface area (Å²) in [4.78, 5) is 13.0. The number of sulfonamides is 1. The Morgan fingerprint density at radius 1 is 0.967 bits per heavy atom. The maximum Gasteiger partial charge on any atom is 0.264 e. The predicted octanol–water partition coefficient (Wildman–Crippen LogP) is 4.57. The molecule has 0 aliphatic carbocycles. The van der Waals surface area contributed by atoms with Crippen LogP contribution >= 0.6 is 0 Å². The minimum absolute atomic E-state index is 0.169. The van der Waals surface area contributed by atoms with Crippen molar-refractivity contribution in [3.8, 4) is 0 Å². The first-order valence-corrected chi connectivity index (χ1v) is 11.3. The Bertz CT molecular complexity index is 1110. The van der Waals surface area contributed by atoms with Crippen LogP contribution in [0.15, 0.2) is 83.8 Å². The van der Waals surface area contributed by atoms with E-state index in [1.807, 2.05) is 19.1 Å². The van der Waals surface area contributed by atoms with Gasteiger partial charge in [0.1, 0.15) is 0 Å². The molecule has 6 heteroatoms. The van der Waals surface area contributed by atoms with E-state index in [9.17, 15) is 13.2 Å². The van der Waals surface area contributed by atoms with Gasteiger partial charge in [-0.2, -0.15) is 0 Å². The average molecular weight is 423 g/mol. The Labute approximate surface area is 178 Å². The summed E-state index contributed by atoms with van der Waals surface area (Å²) >= 11 is 0. The van der Waals surface area contributed by atoms with Crippen LogP contribution in [0.2, 0.25) is 0 Å². The molecule has 0 aliphatic heterocycles. The fraction of sp³-hybridized carbons (Fsp3) is 0.208. The molecule has 5 nitrogen and oxygen atoms in total. The quantitative estimate of drug-likeness (QED) is 0.607. The van der Waals surface area contributed by atoms with Gasteiger partial charge >= 0.3 is 0 Å². The van der Waals surface area contributed by atoms with Crippen LogP contribution < -0.4 is 9.62 Å². The van der Waals surface area contributed by atoms with E-state index < -0.39 is 10.0 Å². The number of benzene rings is 3. The summed E-state index contributed by atoms with van der Waals surface area (Å²) in [6, 6.07) is 22.8. The van der Waals surface area contributed by atoms with Crippen LogP contribution in [0.1, 0.15) is 41.4 Å². The Balaban J connectivity index is 1.78. The third-order valence-corrected chi connectivity index (χ3v) is 6.91. The minimum Gasteiger partial charge on any atom is -0.346 e. The van der Waals surface area contributed by atoms with Crippen LogP contribution in [-0.4, -0.2) is 21.4 Å². The molecule has 3 rings (SSSR count). The molecule has 0 saturated heterocycles. The minimum atomic E-state index is -3.71. The van der Waals surface area contributed by atoms with E-state index in [2.05, 4.69) is 24.4 Å². The van der Waals surface area contributed by atoms with Crippen molar-refractivity contribution in [3.63, 3.8) is 0 Å². The smallest absolute Gasteiger partial charge is 0.264 e. The summed E-state index contributed by atoms with van der Waals surface area (Å²) in [5.74, 6) is -0.255. The summed E-state index contributed by atoms with van der Waals surface area (Å²) < 4.78 is 26.9. The topological polar surface area (TPSA) is 66.5 Å². The number of carbonyl (C=O) groups excluding carboxylic acids is 1. The summed E-state index contributed by atoms with van der Waals surface area (Å²) in [6.45, 7) is 4.02. The predicted molar refractivity (Wildman–Crippen MR) is 120 cm³/mol. The van der Waals surface area contributed by atoms with E-state index in [1.165, 1.54) is 16.9 Å². The summed E-state index contributed by atoms with van der Waals surface area (Å²) in [5, 5.41) is 2.98. The number of aryl methyl sites for hydroxylation is 1. The molecule has 156 valence electrons. The molecule has 1 atom stereocenters. The SMILES string of the molecule is CCc1ccc([C@H](C)NC(=O)c2cccc(N(C)S(=O)(=O)c3ccccc3)c2)cc1. The second-order valence-electron chi connectivity index (χ2n) is 7.13. The molecule has 0 heterocycles. The molecular weight excluding hydrogens is 396 g/mol. The molecule has 1 amide bonds. The van der Waals surface area contributed by atoms with Crippen LogP contribution in [0.5, 0.6) is 0 Å². The van der Waals surface area contributed by atoms with Crippen LogP contribution in [0.25, 0.3) is 0 Å². The van der Waals surface area contributed by atoms with Crippen molar-refractivity contribution in [3.05, 3.63) is 95.6 Å². The Kier molecular flexibility index (Phi) is 6.57. The molecular formula is C24H26N2O3S. The van der Waals surface area contributed by atoms with E-state index >= 15 is 0 Å². The van der Waals surface area contributed by atoms with E-state index in [1.54, 1.807) is 54.6 Å². The number of rotatable bonds is 7. The highest BCUT2D eigenvalue weighted by molar-refractivity contribution is 7.92. The summed E-state index contributed by atoms with van der Waals surface area (Å²) in [7, 11) is -2.22. The maximum absolute atomic E-state index is 12.9. The van der Waals surface area contributed by atoms with Gasteiger partial charge in [-0.15, -0.1) is 0 Å². The lowest BCUT2D eigenvalue weighted by Gasteiger charge is -2.20. The zero-order chi connectivity index (χ0) is 21.7. The maximum atomic E-state index is 12.9. The van der Waals surface area contributed by atoms with E-state index in [-0.39, 0.29) is 16.8 Å². The molecule has 0 spiro atoms. The lowest BCUT2D eigenvalue weighted by Crippen LogP contribution is -2.28. The van der Waals surface area contributed by atoms with Crippen molar-refractivity contribution in [2.75, 3.05) is 11.4 Å². The highest BCUT2D eigenvalue weighted by atomic mass is 32.2. The molecule has 0 bridgehead atoms. The van der Waals surface area contributed by atoms with E-state index in [0.717, 1.165) is 12.0 Å². The summed E-state index contributed by atoms with van der Waals surface area (Å²) in [5.41, 5.74) is 3.08. The highest BCUT2D eigenvalue weighted by Gasteiger charge is 2.22. The van der Waals surface area contributed by atoms with Gasteiger partial charge < -0.3 is 5.32 Å². The first-order valence-electron chi connectivity index (χ1n) is 9.86. The fourth-order valence-corrected chi connectivity index (χ4v) is 4.35. The third kappa shape index (κ3) is 4.71. The fourth-order valence-electron chi connectivity index (χ4n) is 3.14. The van der Waals surface area contributed by atoms with Gasteiger partial charge in [0.2, 0.25) is 0 Å². The molecule has 0 unspecified atom stereocenters. The molecule has 1 N–H and O–H groups in total. The second-order valence-corrected chi connectivity index (χ2v) is 9.10. The number of nitrogens with zero attached hydrogens (tertiary/aromatic N) is 1. The van der Waals surface area contributed by atoms with E-state index in [0.29, 0.717) is 11.3 Å². The van der Waals surface area contributed by atoms with Gasteiger partial charge in [-0.1, -0.05) is 55.5 Å². The molecule has 3 aromatic rings. The lowest BCUT2D eigenvalue weighted by molar-refractivity contribution is 0.0940. The number of anilines is 1. The molecule has 0 aromatic heterocycles. The second kappa shape index (κ2) is 9.13. The lowest BCUT2D eigenvalue weighted by atomic mass is 10.0. The molecule has 30 heavy (non-hydrogen) atoms. The van der Waals surface area contributed by atoms with Gasteiger partial charge in [0.15, 0.2) is 0 Å². The summed E-state index contributed by atoms with van der Waals surface area (Å²) in [6.07, 6.45) is 0.965.